The highest BCUT2D eigenvalue weighted by Crippen LogP contribution is 2.28. The molecule has 1 atom stereocenters. The third-order valence-electron chi connectivity index (χ3n) is 4.58. The van der Waals surface area contributed by atoms with Crippen molar-refractivity contribution in [3.63, 3.8) is 0 Å². The van der Waals surface area contributed by atoms with Crippen molar-refractivity contribution in [2.75, 3.05) is 31.3 Å². The summed E-state index contributed by atoms with van der Waals surface area (Å²) in [6.07, 6.45) is 1.64. The SMILES string of the molecule is CC[C@@H](C(=O)NCCc1ccc(OC)c(OC)c1)N(c1ccccc1F)S(C)(=O)=O. The topological polar surface area (TPSA) is 84.9 Å². The van der Waals surface area contributed by atoms with E-state index in [2.05, 4.69) is 5.32 Å². The number of sulfonamides is 1. The van der Waals surface area contributed by atoms with Crippen LogP contribution in [-0.4, -0.2) is 47.4 Å². The summed E-state index contributed by atoms with van der Waals surface area (Å²) in [6, 6.07) is 9.86. The Kier molecular flexibility index (Phi) is 8.05. The van der Waals surface area contributed by atoms with Crippen molar-refractivity contribution < 1.29 is 27.1 Å². The van der Waals surface area contributed by atoms with Crippen LogP contribution >= 0.6 is 0 Å². The van der Waals surface area contributed by atoms with E-state index in [1.807, 2.05) is 12.1 Å². The molecule has 2 aromatic rings. The van der Waals surface area contributed by atoms with Crippen LogP contribution in [0.3, 0.4) is 0 Å². The molecule has 0 aromatic heterocycles. The number of ether oxygens (including phenoxy) is 2. The number of anilines is 1. The van der Waals surface area contributed by atoms with E-state index < -0.39 is 27.8 Å². The summed E-state index contributed by atoms with van der Waals surface area (Å²) in [7, 11) is -0.802. The molecule has 0 aliphatic carbocycles. The summed E-state index contributed by atoms with van der Waals surface area (Å²) in [6.45, 7) is 1.96. The fraction of sp³-hybridized carbons (Fsp3) is 0.381. The maximum Gasteiger partial charge on any atom is 0.243 e. The van der Waals surface area contributed by atoms with Gasteiger partial charge in [0.05, 0.1) is 26.2 Å². The van der Waals surface area contributed by atoms with Crippen LogP contribution in [0.1, 0.15) is 18.9 Å². The normalized spacial score (nSPS) is 12.2. The molecule has 2 aromatic carbocycles. The molecule has 1 N–H and O–H groups in total. The molecule has 0 heterocycles. The molecule has 0 aliphatic rings. The van der Waals surface area contributed by atoms with Crippen molar-refractivity contribution in [2.24, 2.45) is 0 Å². The lowest BCUT2D eigenvalue weighted by Crippen LogP contribution is -2.50. The van der Waals surface area contributed by atoms with Crippen molar-refractivity contribution in [2.45, 2.75) is 25.8 Å². The van der Waals surface area contributed by atoms with Crippen LogP contribution in [-0.2, 0) is 21.2 Å². The third kappa shape index (κ3) is 5.63. The molecular weight excluding hydrogens is 411 g/mol. The molecule has 0 radical (unpaired) electrons. The first-order chi connectivity index (χ1) is 14.2. The van der Waals surface area contributed by atoms with Gasteiger partial charge in [0.25, 0.3) is 0 Å². The molecule has 30 heavy (non-hydrogen) atoms. The van der Waals surface area contributed by atoms with E-state index in [0.717, 1.165) is 22.2 Å². The first-order valence-electron chi connectivity index (χ1n) is 9.45. The van der Waals surface area contributed by atoms with Gasteiger partial charge in [-0.15, -0.1) is 0 Å². The van der Waals surface area contributed by atoms with Crippen molar-refractivity contribution in [3.8, 4) is 11.5 Å². The minimum atomic E-state index is -3.89. The highest BCUT2D eigenvalue weighted by molar-refractivity contribution is 7.92. The molecule has 2 rings (SSSR count). The minimum Gasteiger partial charge on any atom is -0.493 e. The number of methoxy groups -OCH3 is 2. The fourth-order valence-electron chi connectivity index (χ4n) is 3.15. The number of para-hydroxylation sites is 1. The summed E-state index contributed by atoms with van der Waals surface area (Å²) in [4.78, 5) is 12.8. The molecule has 164 valence electrons. The first-order valence-corrected chi connectivity index (χ1v) is 11.3. The maximum atomic E-state index is 14.3. The molecule has 0 bridgehead atoms. The van der Waals surface area contributed by atoms with Gasteiger partial charge in [0.15, 0.2) is 11.5 Å². The number of benzene rings is 2. The predicted octanol–water partition coefficient (Wildman–Crippen LogP) is 2.75. The van der Waals surface area contributed by atoms with Crippen LogP contribution in [0.2, 0.25) is 0 Å². The van der Waals surface area contributed by atoms with Crippen molar-refractivity contribution in [3.05, 3.63) is 53.8 Å². The fourth-order valence-corrected chi connectivity index (χ4v) is 4.36. The van der Waals surface area contributed by atoms with Crippen molar-refractivity contribution in [1.29, 1.82) is 0 Å². The van der Waals surface area contributed by atoms with E-state index >= 15 is 0 Å². The first kappa shape index (κ1) is 23.5. The third-order valence-corrected chi connectivity index (χ3v) is 5.75. The Morgan fingerprint density at radius 1 is 1.13 bits per heavy atom. The molecule has 9 heteroatoms. The highest BCUT2D eigenvalue weighted by atomic mass is 32.2. The van der Waals surface area contributed by atoms with Crippen molar-refractivity contribution in [1.82, 2.24) is 5.32 Å². The Hall–Kier alpha value is -2.81. The van der Waals surface area contributed by atoms with Gasteiger partial charge in [-0.25, -0.2) is 12.8 Å². The monoisotopic (exact) mass is 438 g/mol. The molecule has 0 unspecified atom stereocenters. The number of halogens is 1. The Morgan fingerprint density at radius 3 is 2.37 bits per heavy atom. The summed E-state index contributed by atoms with van der Waals surface area (Å²) >= 11 is 0. The number of amides is 1. The lowest BCUT2D eigenvalue weighted by atomic mass is 10.1. The maximum absolute atomic E-state index is 14.3. The Balaban J connectivity index is 2.14. The summed E-state index contributed by atoms with van der Waals surface area (Å²) in [5, 5.41) is 2.75. The highest BCUT2D eigenvalue weighted by Gasteiger charge is 2.32. The van der Waals surface area contributed by atoms with Crippen LogP contribution in [0.5, 0.6) is 11.5 Å². The Labute approximate surface area is 176 Å². The second-order valence-corrected chi connectivity index (χ2v) is 8.52. The van der Waals surface area contributed by atoms with Gasteiger partial charge in [0.1, 0.15) is 11.9 Å². The number of nitrogens with zero attached hydrogens (tertiary/aromatic N) is 1. The van der Waals surface area contributed by atoms with Gasteiger partial charge < -0.3 is 14.8 Å². The Morgan fingerprint density at radius 2 is 1.80 bits per heavy atom. The molecule has 7 nitrogen and oxygen atoms in total. The smallest absolute Gasteiger partial charge is 0.243 e. The molecular formula is C21H27FN2O5S. The molecule has 0 fully saturated rings. The van der Waals surface area contributed by atoms with Crippen LogP contribution < -0.4 is 19.1 Å². The van der Waals surface area contributed by atoms with E-state index in [1.54, 1.807) is 20.1 Å². The Bertz CT molecular complexity index is 981. The van der Waals surface area contributed by atoms with E-state index in [4.69, 9.17) is 9.47 Å². The van der Waals surface area contributed by atoms with Gasteiger partial charge in [-0.05, 0) is 42.7 Å². The lowest BCUT2D eigenvalue weighted by Gasteiger charge is -2.30. The van der Waals surface area contributed by atoms with Crippen LogP contribution in [0.25, 0.3) is 0 Å². The van der Waals surface area contributed by atoms with Crippen LogP contribution in [0.15, 0.2) is 42.5 Å². The lowest BCUT2D eigenvalue weighted by molar-refractivity contribution is -0.122. The zero-order valence-electron chi connectivity index (χ0n) is 17.5. The predicted molar refractivity (Wildman–Crippen MR) is 114 cm³/mol. The van der Waals surface area contributed by atoms with E-state index in [1.165, 1.54) is 25.3 Å². The van der Waals surface area contributed by atoms with E-state index in [9.17, 15) is 17.6 Å². The van der Waals surface area contributed by atoms with Gasteiger partial charge in [-0.3, -0.25) is 9.10 Å². The molecule has 0 saturated heterocycles. The largest absolute Gasteiger partial charge is 0.493 e. The molecule has 0 aliphatic heterocycles. The van der Waals surface area contributed by atoms with Gasteiger partial charge in [-0.1, -0.05) is 25.1 Å². The zero-order chi connectivity index (χ0) is 22.3. The summed E-state index contributed by atoms with van der Waals surface area (Å²) < 4.78 is 50.3. The quantitative estimate of drug-likeness (QED) is 0.617. The number of hydrogen-bond acceptors (Lipinski definition) is 5. The van der Waals surface area contributed by atoms with E-state index in [0.29, 0.717) is 17.9 Å². The average Bonchev–Trinajstić information content (AvgIpc) is 2.71. The van der Waals surface area contributed by atoms with Gasteiger partial charge in [0.2, 0.25) is 15.9 Å². The number of carbonyl (C=O) groups is 1. The van der Waals surface area contributed by atoms with E-state index in [-0.39, 0.29) is 18.7 Å². The van der Waals surface area contributed by atoms with Gasteiger partial charge in [0, 0.05) is 6.54 Å². The van der Waals surface area contributed by atoms with Crippen molar-refractivity contribution >= 4 is 21.6 Å². The molecule has 1 amide bonds. The number of carbonyl (C=O) groups excluding carboxylic acids is 1. The average molecular weight is 439 g/mol. The number of hydrogen-bond donors (Lipinski definition) is 1. The zero-order valence-corrected chi connectivity index (χ0v) is 18.3. The minimum absolute atomic E-state index is 0.151. The standard InChI is InChI=1S/C21H27FN2O5S/c1-5-17(24(30(4,26)27)18-9-7-6-8-16(18)22)21(25)23-13-12-15-10-11-19(28-2)20(14-15)29-3/h6-11,14,17H,5,12-13H2,1-4H3,(H,23,25)/t17-/m0/s1. The molecule has 0 saturated carbocycles. The summed E-state index contributed by atoms with van der Waals surface area (Å²) in [5.74, 6) is -0.0215. The number of rotatable bonds is 10. The second kappa shape index (κ2) is 10.3. The second-order valence-electron chi connectivity index (χ2n) is 6.66. The van der Waals surface area contributed by atoms with Crippen LogP contribution in [0, 0.1) is 5.82 Å². The van der Waals surface area contributed by atoms with Crippen LogP contribution in [0.4, 0.5) is 10.1 Å². The molecule has 0 spiro atoms. The summed E-state index contributed by atoms with van der Waals surface area (Å²) in [5.41, 5.74) is 0.761. The number of nitrogens with one attached hydrogen (secondary N) is 1. The van der Waals surface area contributed by atoms with Gasteiger partial charge >= 0.3 is 0 Å². The van der Waals surface area contributed by atoms with Gasteiger partial charge in [-0.2, -0.15) is 0 Å².